The highest BCUT2D eigenvalue weighted by Gasteiger charge is 2.40. The first-order valence-electron chi connectivity index (χ1n) is 11.2. The van der Waals surface area contributed by atoms with Crippen LogP contribution in [0.2, 0.25) is 0 Å². The third-order valence-electron chi connectivity index (χ3n) is 6.77. The van der Waals surface area contributed by atoms with E-state index in [9.17, 15) is 5.11 Å². The van der Waals surface area contributed by atoms with Crippen molar-refractivity contribution in [1.29, 1.82) is 0 Å². The number of furan rings is 2. The second-order valence-electron chi connectivity index (χ2n) is 9.08. The quantitative estimate of drug-likeness (QED) is 0.537. The first kappa shape index (κ1) is 20.7. The molecular weight excluding hydrogens is 366 g/mol. The van der Waals surface area contributed by atoms with Crippen molar-refractivity contribution in [2.75, 3.05) is 20.3 Å². The Morgan fingerprint density at radius 2 is 1.72 bits per heavy atom. The normalized spacial score (nSPS) is 18.2. The smallest absolute Gasteiger partial charge is 0.135 e. The maximum absolute atomic E-state index is 11.6. The number of ether oxygens (including phenoxy) is 1. The number of methoxy groups -OCH3 is 1. The fourth-order valence-electron chi connectivity index (χ4n) is 4.62. The van der Waals surface area contributed by atoms with Crippen molar-refractivity contribution in [2.45, 2.75) is 70.1 Å². The van der Waals surface area contributed by atoms with Gasteiger partial charge < -0.3 is 18.7 Å². The molecule has 0 unspecified atom stereocenters. The van der Waals surface area contributed by atoms with Gasteiger partial charge in [0.25, 0.3) is 0 Å². The van der Waals surface area contributed by atoms with E-state index in [0.29, 0.717) is 31.5 Å². The molecule has 5 heteroatoms. The van der Waals surface area contributed by atoms with Gasteiger partial charge in [0, 0.05) is 13.7 Å². The molecule has 2 aromatic heterocycles. The zero-order valence-corrected chi connectivity index (χ0v) is 17.6. The minimum atomic E-state index is -0.813. The van der Waals surface area contributed by atoms with Crippen LogP contribution in [0.5, 0.6) is 0 Å². The van der Waals surface area contributed by atoms with Crippen molar-refractivity contribution in [3.8, 4) is 0 Å². The number of nitrogens with zero attached hydrogens (tertiary/aromatic N) is 1. The van der Waals surface area contributed by atoms with Crippen molar-refractivity contribution in [1.82, 2.24) is 4.90 Å². The first-order chi connectivity index (χ1) is 14.1. The van der Waals surface area contributed by atoms with Gasteiger partial charge in [-0.1, -0.05) is 38.5 Å². The van der Waals surface area contributed by atoms with Gasteiger partial charge in [0.2, 0.25) is 0 Å². The summed E-state index contributed by atoms with van der Waals surface area (Å²) >= 11 is 0. The molecule has 0 aliphatic heterocycles. The van der Waals surface area contributed by atoms with Crippen LogP contribution in [0.25, 0.3) is 0 Å². The van der Waals surface area contributed by atoms with E-state index >= 15 is 0 Å². The van der Waals surface area contributed by atoms with E-state index in [2.05, 4.69) is 4.90 Å². The summed E-state index contributed by atoms with van der Waals surface area (Å²) in [5.74, 6) is 3.87. The van der Waals surface area contributed by atoms with E-state index in [1.165, 1.54) is 38.5 Å². The van der Waals surface area contributed by atoms with Gasteiger partial charge in [0.05, 0.1) is 26.0 Å². The van der Waals surface area contributed by atoms with Crippen LogP contribution in [0.4, 0.5) is 0 Å². The predicted molar refractivity (Wildman–Crippen MR) is 111 cm³/mol. The van der Waals surface area contributed by atoms with Crippen LogP contribution in [0.1, 0.15) is 68.6 Å². The Morgan fingerprint density at radius 3 is 2.28 bits per heavy atom. The van der Waals surface area contributed by atoms with Crippen molar-refractivity contribution in [2.24, 2.45) is 11.8 Å². The Kier molecular flexibility index (Phi) is 6.78. The molecule has 4 rings (SSSR count). The van der Waals surface area contributed by atoms with Crippen molar-refractivity contribution < 1.29 is 18.7 Å². The lowest BCUT2D eigenvalue weighted by Gasteiger charge is -2.39. The van der Waals surface area contributed by atoms with E-state index in [0.717, 1.165) is 36.7 Å². The van der Waals surface area contributed by atoms with Crippen LogP contribution in [0.3, 0.4) is 0 Å². The largest absolute Gasteiger partial charge is 0.468 e. The summed E-state index contributed by atoms with van der Waals surface area (Å²) in [7, 11) is 1.72. The Balaban J connectivity index is 1.44. The fourth-order valence-corrected chi connectivity index (χ4v) is 4.62. The van der Waals surface area contributed by atoms with Crippen LogP contribution in [0.15, 0.2) is 39.4 Å². The van der Waals surface area contributed by atoms with E-state index in [1.54, 1.807) is 13.4 Å². The average molecular weight is 402 g/mol. The lowest BCUT2D eigenvalue weighted by atomic mass is 9.70. The molecule has 0 spiro atoms. The highest BCUT2D eigenvalue weighted by molar-refractivity contribution is 5.15. The summed E-state index contributed by atoms with van der Waals surface area (Å²) in [6.07, 6.45) is 11.0. The third-order valence-corrected chi connectivity index (χ3v) is 6.77. The number of aliphatic hydroxyl groups is 1. The summed E-state index contributed by atoms with van der Waals surface area (Å²) in [5, 5.41) is 11.6. The maximum Gasteiger partial charge on any atom is 0.135 e. The third kappa shape index (κ3) is 5.33. The molecule has 2 aliphatic carbocycles. The lowest BCUT2D eigenvalue weighted by molar-refractivity contribution is -0.0494. The van der Waals surface area contributed by atoms with Gasteiger partial charge in [-0.15, -0.1) is 0 Å². The van der Waals surface area contributed by atoms with Crippen LogP contribution in [0, 0.1) is 11.8 Å². The SMILES string of the molecule is COCCN(Cc1ccco1)Cc1ccc(C(O)(CC2CCC2)CC2CCC2)o1. The Labute approximate surface area is 174 Å². The van der Waals surface area contributed by atoms with Gasteiger partial charge in [-0.25, -0.2) is 0 Å². The number of hydrogen-bond donors (Lipinski definition) is 1. The number of hydrogen-bond acceptors (Lipinski definition) is 5. The fraction of sp³-hybridized carbons (Fsp3) is 0.667. The van der Waals surface area contributed by atoms with Gasteiger partial charge in [-0.05, 0) is 48.9 Å². The highest BCUT2D eigenvalue weighted by Crippen LogP contribution is 2.45. The number of rotatable bonds is 12. The second-order valence-corrected chi connectivity index (χ2v) is 9.08. The molecule has 0 atom stereocenters. The van der Waals surface area contributed by atoms with Gasteiger partial charge >= 0.3 is 0 Å². The molecule has 2 aliphatic rings. The van der Waals surface area contributed by atoms with E-state index in [4.69, 9.17) is 13.6 Å². The van der Waals surface area contributed by atoms with Crippen molar-refractivity contribution in [3.05, 3.63) is 47.8 Å². The Morgan fingerprint density at radius 1 is 1.03 bits per heavy atom. The molecule has 0 aromatic carbocycles. The van der Waals surface area contributed by atoms with Crippen LogP contribution in [-0.2, 0) is 23.4 Å². The molecule has 2 saturated carbocycles. The molecule has 160 valence electrons. The standard InChI is InChI=1S/C24H35NO4/c1-27-14-12-25(17-21-9-4-13-28-21)18-22-10-11-23(29-22)24(26,15-19-5-2-6-19)16-20-7-3-8-20/h4,9-11,13,19-20,26H,2-3,5-8,12,14-18H2,1H3. The van der Waals surface area contributed by atoms with Crippen LogP contribution >= 0.6 is 0 Å². The first-order valence-corrected chi connectivity index (χ1v) is 11.2. The summed E-state index contributed by atoms with van der Waals surface area (Å²) in [6.45, 7) is 2.83. The molecule has 2 fully saturated rings. The molecule has 0 bridgehead atoms. The minimum absolute atomic E-state index is 0.644. The molecule has 2 heterocycles. The molecule has 2 aromatic rings. The minimum Gasteiger partial charge on any atom is -0.468 e. The van der Waals surface area contributed by atoms with Crippen molar-refractivity contribution >= 4 is 0 Å². The summed E-state index contributed by atoms with van der Waals surface area (Å²) in [5.41, 5.74) is -0.813. The molecule has 0 saturated heterocycles. The van der Waals surface area contributed by atoms with Gasteiger partial charge in [0.15, 0.2) is 0 Å². The van der Waals surface area contributed by atoms with Crippen molar-refractivity contribution in [3.63, 3.8) is 0 Å². The Hall–Kier alpha value is -1.56. The topological polar surface area (TPSA) is 59.0 Å². The average Bonchev–Trinajstić information content (AvgIpc) is 3.32. The molecule has 5 nitrogen and oxygen atoms in total. The summed E-state index contributed by atoms with van der Waals surface area (Å²) in [6, 6.07) is 7.94. The predicted octanol–water partition coefficient (Wildman–Crippen LogP) is 5.09. The highest BCUT2D eigenvalue weighted by atomic mass is 16.5. The lowest BCUT2D eigenvalue weighted by Crippen LogP contribution is -2.34. The van der Waals surface area contributed by atoms with Crippen LogP contribution in [-0.4, -0.2) is 30.3 Å². The Bertz CT molecular complexity index is 714. The van der Waals surface area contributed by atoms with E-state index in [1.807, 2.05) is 24.3 Å². The summed E-state index contributed by atoms with van der Waals surface area (Å²) < 4.78 is 17.0. The molecule has 0 amide bonds. The van der Waals surface area contributed by atoms with Gasteiger partial charge in [-0.3, -0.25) is 4.90 Å². The zero-order chi connectivity index (χ0) is 20.1. The monoisotopic (exact) mass is 401 g/mol. The maximum atomic E-state index is 11.6. The van der Waals surface area contributed by atoms with E-state index in [-0.39, 0.29) is 0 Å². The summed E-state index contributed by atoms with van der Waals surface area (Å²) in [4.78, 5) is 2.25. The zero-order valence-electron chi connectivity index (χ0n) is 17.6. The van der Waals surface area contributed by atoms with Crippen LogP contribution < -0.4 is 0 Å². The molecule has 1 N–H and O–H groups in total. The second kappa shape index (κ2) is 9.50. The van der Waals surface area contributed by atoms with Gasteiger partial charge in [0.1, 0.15) is 22.9 Å². The molecule has 0 radical (unpaired) electrons. The molecule has 29 heavy (non-hydrogen) atoms. The molecular formula is C24H35NO4. The van der Waals surface area contributed by atoms with Gasteiger partial charge in [-0.2, -0.15) is 0 Å². The van der Waals surface area contributed by atoms with E-state index < -0.39 is 5.60 Å².